The van der Waals surface area contributed by atoms with Crippen LogP contribution in [0.4, 0.5) is 11.4 Å². The molecule has 0 aromatic heterocycles. The molecule has 1 saturated heterocycles. The Balaban J connectivity index is 1.50. The average Bonchev–Trinajstić information content (AvgIpc) is 3.13. The Morgan fingerprint density at radius 3 is 2.52 bits per heavy atom. The second-order valence-electron chi connectivity index (χ2n) is 7.51. The zero-order valence-corrected chi connectivity index (χ0v) is 16.1. The van der Waals surface area contributed by atoms with E-state index in [1.54, 1.807) is 11.0 Å². The first-order valence-corrected chi connectivity index (χ1v) is 9.82. The van der Waals surface area contributed by atoms with Gasteiger partial charge in [0.1, 0.15) is 0 Å². The fraction of sp³-hybridized carbons (Fsp3) is 0.318. The smallest absolute Gasteiger partial charge is 0.238 e. The van der Waals surface area contributed by atoms with Gasteiger partial charge in [-0.2, -0.15) is 0 Å². The Bertz CT molecular complexity index is 959. The number of nitrogens with one attached hydrogen (secondary N) is 1. The van der Waals surface area contributed by atoms with E-state index in [1.807, 2.05) is 47.4 Å². The first-order chi connectivity index (χ1) is 14.0. The maximum atomic E-state index is 12.8. The van der Waals surface area contributed by atoms with Crippen molar-refractivity contribution in [3.8, 4) is 0 Å². The Kier molecular flexibility index (Phi) is 5.31. The largest absolute Gasteiger partial charge is 0.368 e. The van der Waals surface area contributed by atoms with Gasteiger partial charge in [0.2, 0.25) is 17.7 Å². The van der Waals surface area contributed by atoms with Crippen molar-refractivity contribution < 1.29 is 14.4 Å². The predicted octanol–water partition coefficient (Wildman–Crippen LogP) is 1.66. The highest BCUT2D eigenvalue weighted by Gasteiger charge is 2.31. The van der Waals surface area contributed by atoms with Gasteiger partial charge in [0.25, 0.3) is 0 Å². The van der Waals surface area contributed by atoms with Crippen LogP contribution in [-0.4, -0.2) is 41.8 Å². The molecule has 0 spiro atoms. The third kappa shape index (κ3) is 4.00. The van der Waals surface area contributed by atoms with Gasteiger partial charge in [-0.25, -0.2) is 0 Å². The number of amides is 3. The molecule has 0 bridgehead atoms. The summed E-state index contributed by atoms with van der Waals surface area (Å²) in [6, 6.07) is 14.7. The Labute approximate surface area is 169 Å². The fourth-order valence-electron chi connectivity index (χ4n) is 4.12. The molecule has 2 heterocycles. The van der Waals surface area contributed by atoms with Crippen LogP contribution in [-0.2, 0) is 27.3 Å². The lowest BCUT2D eigenvalue weighted by molar-refractivity contribution is -0.126. The Morgan fingerprint density at radius 2 is 1.79 bits per heavy atom. The van der Waals surface area contributed by atoms with Crippen LogP contribution in [0.3, 0.4) is 0 Å². The van der Waals surface area contributed by atoms with E-state index in [4.69, 9.17) is 5.73 Å². The van der Waals surface area contributed by atoms with Gasteiger partial charge in [-0.15, -0.1) is 0 Å². The van der Waals surface area contributed by atoms with Gasteiger partial charge in [-0.3, -0.25) is 19.3 Å². The number of rotatable bonds is 5. The zero-order chi connectivity index (χ0) is 20.4. The number of primary amides is 1. The lowest BCUT2D eigenvalue weighted by Crippen LogP contribution is -2.50. The molecular formula is C22H24N4O3. The number of carbonyl (C=O) groups excluding carboxylic acids is 3. The lowest BCUT2D eigenvalue weighted by Gasteiger charge is -2.34. The molecule has 2 aliphatic rings. The standard InChI is InChI=1S/C22H24N4O3/c23-22(29)19-12-15-6-1-2-7-16(15)13-25(19)14-20(27)24-17-8-3-4-9-18(17)26-11-5-10-21(26)28/h1-4,6-9,19H,5,10-14H2,(H2,23,29)(H,24,27)/t19-/m0/s1. The van der Waals surface area contributed by atoms with Crippen LogP contribution in [0, 0.1) is 0 Å². The molecule has 0 aliphatic carbocycles. The molecule has 7 nitrogen and oxygen atoms in total. The molecule has 2 aromatic rings. The van der Waals surface area contributed by atoms with Gasteiger partial charge >= 0.3 is 0 Å². The predicted molar refractivity (Wildman–Crippen MR) is 110 cm³/mol. The SMILES string of the molecule is NC(=O)[C@@H]1Cc2ccccc2CN1CC(=O)Nc1ccccc1N1CCCC1=O. The van der Waals surface area contributed by atoms with Crippen LogP contribution in [0.15, 0.2) is 48.5 Å². The first-order valence-electron chi connectivity index (χ1n) is 9.82. The minimum Gasteiger partial charge on any atom is -0.368 e. The number of nitrogens with two attached hydrogens (primary N) is 1. The minimum absolute atomic E-state index is 0.0459. The van der Waals surface area contributed by atoms with Crippen molar-refractivity contribution in [1.29, 1.82) is 0 Å². The van der Waals surface area contributed by atoms with Gasteiger partial charge < -0.3 is 16.0 Å². The van der Waals surface area contributed by atoms with Gasteiger partial charge in [0.15, 0.2) is 0 Å². The Morgan fingerprint density at radius 1 is 1.07 bits per heavy atom. The molecule has 4 rings (SSSR count). The topological polar surface area (TPSA) is 95.7 Å². The average molecular weight is 392 g/mol. The summed E-state index contributed by atoms with van der Waals surface area (Å²) in [5.41, 5.74) is 9.10. The number of fused-ring (bicyclic) bond motifs is 1. The third-order valence-electron chi connectivity index (χ3n) is 5.56. The molecule has 2 aromatic carbocycles. The molecule has 29 heavy (non-hydrogen) atoms. The molecule has 1 atom stereocenters. The van der Waals surface area contributed by atoms with Crippen LogP contribution in [0.25, 0.3) is 0 Å². The summed E-state index contributed by atoms with van der Waals surface area (Å²) >= 11 is 0. The molecule has 1 fully saturated rings. The van der Waals surface area contributed by atoms with Crippen LogP contribution in [0.2, 0.25) is 0 Å². The number of para-hydroxylation sites is 2. The normalized spacial score (nSPS) is 19.1. The van der Waals surface area contributed by atoms with Gasteiger partial charge in [0, 0.05) is 19.5 Å². The second kappa shape index (κ2) is 8.05. The van der Waals surface area contributed by atoms with E-state index in [-0.39, 0.29) is 18.4 Å². The maximum Gasteiger partial charge on any atom is 0.238 e. The summed E-state index contributed by atoms with van der Waals surface area (Å²) in [6.07, 6.45) is 1.84. The molecule has 3 N–H and O–H groups in total. The molecule has 7 heteroatoms. The van der Waals surface area contributed by atoms with E-state index in [0.717, 1.165) is 17.5 Å². The van der Waals surface area contributed by atoms with E-state index in [9.17, 15) is 14.4 Å². The van der Waals surface area contributed by atoms with Crippen molar-refractivity contribution in [3.63, 3.8) is 0 Å². The molecule has 2 aliphatic heterocycles. The van der Waals surface area contributed by atoms with Crippen LogP contribution < -0.4 is 16.0 Å². The van der Waals surface area contributed by atoms with E-state index >= 15 is 0 Å². The van der Waals surface area contributed by atoms with Crippen molar-refractivity contribution in [2.45, 2.75) is 31.8 Å². The molecular weight excluding hydrogens is 368 g/mol. The van der Waals surface area contributed by atoms with Crippen molar-refractivity contribution in [2.24, 2.45) is 5.73 Å². The fourth-order valence-corrected chi connectivity index (χ4v) is 4.12. The molecule has 0 unspecified atom stereocenters. The quantitative estimate of drug-likeness (QED) is 0.809. The van der Waals surface area contributed by atoms with E-state index in [2.05, 4.69) is 5.32 Å². The number of carbonyl (C=O) groups is 3. The highest BCUT2D eigenvalue weighted by Crippen LogP contribution is 2.29. The van der Waals surface area contributed by atoms with Crippen LogP contribution >= 0.6 is 0 Å². The molecule has 150 valence electrons. The summed E-state index contributed by atoms with van der Waals surface area (Å²) in [6.45, 7) is 1.19. The first kappa shape index (κ1) is 19.1. The summed E-state index contributed by atoms with van der Waals surface area (Å²) in [5.74, 6) is -0.613. The lowest BCUT2D eigenvalue weighted by atomic mass is 9.93. The van der Waals surface area contributed by atoms with E-state index < -0.39 is 11.9 Å². The van der Waals surface area contributed by atoms with Crippen molar-refractivity contribution in [3.05, 3.63) is 59.7 Å². The summed E-state index contributed by atoms with van der Waals surface area (Å²) in [4.78, 5) is 40.4. The number of benzene rings is 2. The molecule has 0 radical (unpaired) electrons. The second-order valence-corrected chi connectivity index (χ2v) is 7.51. The van der Waals surface area contributed by atoms with Crippen molar-refractivity contribution in [1.82, 2.24) is 4.90 Å². The van der Waals surface area contributed by atoms with Gasteiger partial charge in [-0.05, 0) is 36.1 Å². The van der Waals surface area contributed by atoms with E-state index in [1.165, 1.54) is 0 Å². The van der Waals surface area contributed by atoms with Gasteiger partial charge in [-0.1, -0.05) is 36.4 Å². The zero-order valence-electron chi connectivity index (χ0n) is 16.1. The van der Waals surface area contributed by atoms with Crippen molar-refractivity contribution >= 4 is 29.1 Å². The maximum absolute atomic E-state index is 12.8. The van der Waals surface area contributed by atoms with Crippen LogP contribution in [0.5, 0.6) is 0 Å². The van der Waals surface area contributed by atoms with Crippen molar-refractivity contribution in [2.75, 3.05) is 23.3 Å². The number of hydrogen-bond donors (Lipinski definition) is 2. The molecule has 3 amide bonds. The van der Waals surface area contributed by atoms with Crippen LogP contribution in [0.1, 0.15) is 24.0 Å². The number of nitrogens with zero attached hydrogens (tertiary/aromatic N) is 2. The van der Waals surface area contributed by atoms with E-state index in [0.29, 0.717) is 37.3 Å². The highest BCUT2D eigenvalue weighted by atomic mass is 16.2. The third-order valence-corrected chi connectivity index (χ3v) is 5.56. The highest BCUT2D eigenvalue weighted by molar-refractivity contribution is 6.02. The Hall–Kier alpha value is -3.19. The summed E-state index contributed by atoms with van der Waals surface area (Å²) < 4.78 is 0. The minimum atomic E-state index is -0.522. The van der Waals surface area contributed by atoms with Gasteiger partial charge in [0.05, 0.1) is 24.0 Å². The monoisotopic (exact) mass is 392 g/mol. The number of anilines is 2. The summed E-state index contributed by atoms with van der Waals surface area (Å²) in [7, 11) is 0. The molecule has 0 saturated carbocycles. The number of hydrogen-bond acceptors (Lipinski definition) is 4. The summed E-state index contributed by atoms with van der Waals surface area (Å²) in [5, 5.41) is 2.91.